The molecule has 33 heavy (non-hydrogen) atoms. The zero-order valence-corrected chi connectivity index (χ0v) is 19.2. The molecule has 3 aromatic rings. The van der Waals surface area contributed by atoms with Gasteiger partial charge in [-0.15, -0.1) is 0 Å². The molecule has 2 N–H and O–H groups in total. The van der Waals surface area contributed by atoms with Crippen molar-refractivity contribution >= 4 is 15.9 Å². The van der Waals surface area contributed by atoms with Crippen LogP contribution in [0.15, 0.2) is 67.0 Å². The summed E-state index contributed by atoms with van der Waals surface area (Å²) in [6.45, 7) is 1.97. The largest absolute Gasteiger partial charge is 0.493 e. The molecule has 2 heterocycles. The smallest absolute Gasteiger partial charge is 0.151 e. The average Bonchev–Trinajstić information content (AvgIpc) is 3.28. The molecular formula is C25H28N2O5S. The van der Waals surface area contributed by atoms with E-state index in [2.05, 4.69) is 4.98 Å². The molecule has 0 bridgehead atoms. The molecule has 0 aliphatic carbocycles. The van der Waals surface area contributed by atoms with E-state index in [0.717, 1.165) is 22.4 Å². The third kappa shape index (κ3) is 5.71. The van der Waals surface area contributed by atoms with Crippen LogP contribution in [-0.4, -0.2) is 52.9 Å². The third-order valence-electron chi connectivity index (χ3n) is 5.69. The van der Waals surface area contributed by atoms with Crippen LogP contribution < -0.4 is 4.74 Å². The summed E-state index contributed by atoms with van der Waals surface area (Å²) in [5.74, 6) is 1.77. The lowest BCUT2D eigenvalue weighted by molar-refractivity contribution is 0.175. The van der Waals surface area contributed by atoms with E-state index in [4.69, 9.17) is 4.74 Å². The van der Waals surface area contributed by atoms with Crippen molar-refractivity contribution in [2.75, 3.05) is 24.7 Å². The molecule has 0 amide bonds. The number of rotatable bonds is 9. The van der Waals surface area contributed by atoms with Crippen LogP contribution in [0.2, 0.25) is 0 Å². The van der Waals surface area contributed by atoms with Gasteiger partial charge in [-0.2, -0.15) is 0 Å². The van der Waals surface area contributed by atoms with Crippen LogP contribution in [0.25, 0.3) is 17.2 Å². The van der Waals surface area contributed by atoms with Crippen molar-refractivity contribution in [3.8, 4) is 16.9 Å². The van der Waals surface area contributed by atoms with Crippen molar-refractivity contribution in [1.29, 1.82) is 0 Å². The summed E-state index contributed by atoms with van der Waals surface area (Å²) in [7, 11) is -2.82. The number of benzene rings is 2. The number of ether oxygens (including phenoxy) is 1. The second-order valence-electron chi connectivity index (χ2n) is 8.38. The van der Waals surface area contributed by atoms with Gasteiger partial charge < -0.3 is 19.5 Å². The fourth-order valence-corrected chi connectivity index (χ4v) is 5.43. The molecule has 0 saturated carbocycles. The summed E-state index contributed by atoms with van der Waals surface area (Å²) in [6.07, 6.45) is 6.47. The molecule has 0 unspecified atom stereocenters. The number of imidazole rings is 1. The van der Waals surface area contributed by atoms with Crippen LogP contribution in [0.4, 0.5) is 0 Å². The van der Waals surface area contributed by atoms with Crippen LogP contribution in [0, 0.1) is 5.92 Å². The Labute approximate surface area is 193 Å². The number of aliphatic hydroxyl groups is 2. The average molecular weight is 469 g/mol. The van der Waals surface area contributed by atoms with Gasteiger partial charge in [-0.05, 0) is 35.7 Å². The molecule has 0 spiro atoms. The highest BCUT2D eigenvalue weighted by Crippen LogP contribution is 2.25. The maximum Gasteiger partial charge on any atom is 0.151 e. The van der Waals surface area contributed by atoms with Gasteiger partial charge >= 0.3 is 0 Å². The normalized spacial score (nSPS) is 17.5. The first-order valence-electron chi connectivity index (χ1n) is 10.9. The zero-order valence-electron chi connectivity index (χ0n) is 18.4. The van der Waals surface area contributed by atoms with Crippen molar-refractivity contribution < 1.29 is 23.4 Å². The molecule has 1 aliphatic rings. The Balaban J connectivity index is 1.37. The third-order valence-corrected chi connectivity index (χ3v) is 7.65. The van der Waals surface area contributed by atoms with Crippen molar-refractivity contribution in [2.24, 2.45) is 5.92 Å². The monoisotopic (exact) mass is 468 g/mol. The van der Waals surface area contributed by atoms with Gasteiger partial charge in [-0.1, -0.05) is 48.6 Å². The van der Waals surface area contributed by atoms with E-state index in [1.807, 2.05) is 60.7 Å². The number of aromatic nitrogens is 2. The predicted octanol–water partition coefficient (Wildman–Crippen LogP) is 3.27. The van der Waals surface area contributed by atoms with Crippen LogP contribution in [0.3, 0.4) is 0 Å². The minimum absolute atomic E-state index is 0.0908. The number of hydrogen-bond acceptors (Lipinski definition) is 6. The number of hydrogen-bond donors (Lipinski definition) is 2. The molecule has 7 nitrogen and oxygen atoms in total. The fourth-order valence-electron chi connectivity index (χ4n) is 3.90. The van der Waals surface area contributed by atoms with E-state index >= 15 is 0 Å². The van der Waals surface area contributed by atoms with Gasteiger partial charge in [-0.25, -0.2) is 13.4 Å². The SMILES string of the molecule is C[C@H](O)c1nccn1[C@@H](/C=C/c1ccc(-c2ccc(OCC3CS(=O)(=O)C3)cc2)cc1)CO. The topological polar surface area (TPSA) is 102 Å². The Kier molecular flexibility index (Phi) is 6.97. The van der Waals surface area contributed by atoms with Gasteiger partial charge in [0, 0.05) is 18.3 Å². The summed E-state index contributed by atoms with van der Waals surface area (Å²) in [5, 5.41) is 19.6. The maximum atomic E-state index is 11.2. The number of aliphatic hydroxyl groups excluding tert-OH is 2. The predicted molar refractivity (Wildman–Crippen MR) is 128 cm³/mol. The highest BCUT2D eigenvalue weighted by atomic mass is 32.2. The minimum atomic E-state index is -2.82. The van der Waals surface area contributed by atoms with Crippen molar-refractivity contribution in [2.45, 2.75) is 19.1 Å². The molecular weight excluding hydrogens is 440 g/mol. The van der Waals surface area contributed by atoms with Crippen LogP contribution in [0.5, 0.6) is 5.75 Å². The summed E-state index contributed by atoms with van der Waals surface area (Å²) in [6, 6.07) is 15.5. The lowest BCUT2D eigenvalue weighted by Gasteiger charge is -2.25. The minimum Gasteiger partial charge on any atom is -0.493 e. The van der Waals surface area contributed by atoms with Crippen molar-refractivity contribution in [3.63, 3.8) is 0 Å². The van der Waals surface area contributed by atoms with Gasteiger partial charge in [0.15, 0.2) is 9.84 Å². The molecule has 8 heteroatoms. The fraction of sp³-hybridized carbons (Fsp3) is 0.320. The standard InChI is InChI=1S/C25H28N2O5S/c1-18(29)25-26-12-13-27(25)23(14-28)9-4-19-2-5-21(6-3-19)22-7-10-24(11-8-22)32-15-20-16-33(30,31)17-20/h2-13,18,20,23,28-29H,14-17H2,1H3/b9-4+/t18-,23-/m0/s1. The molecule has 1 aromatic heterocycles. The summed E-state index contributed by atoms with van der Waals surface area (Å²) < 4.78 is 29.9. The molecule has 2 atom stereocenters. The van der Waals surface area contributed by atoms with Gasteiger partial charge in [-0.3, -0.25) is 0 Å². The Morgan fingerprint density at radius 2 is 1.76 bits per heavy atom. The molecule has 0 radical (unpaired) electrons. The van der Waals surface area contributed by atoms with Crippen molar-refractivity contribution in [1.82, 2.24) is 9.55 Å². The quantitative estimate of drug-likeness (QED) is 0.500. The first kappa shape index (κ1) is 23.2. The first-order valence-corrected chi connectivity index (χ1v) is 12.7. The Morgan fingerprint density at radius 3 is 2.33 bits per heavy atom. The first-order chi connectivity index (χ1) is 15.8. The van der Waals surface area contributed by atoms with Crippen LogP contribution in [-0.2, 0) is 9.84 Å². The highest BCUT2D eigenvalue weighted by molar-refractivity contribution is 7.92. The summed E-state index contributed by atoms with van der Waals surface area (Å²) in [5.41, 5.74) is 3.11. The summed E-state index contributed by atoms with van der Waals surface area (Å²) >= 11 is 0. The van der Waals surface area contributed by atoms with E-state index in [9.17, 15) is 18.6 Å². The molecule has 1 fully saturated rings. The van der Waals surface area contributed by atoms with Gasteiger partial charge in [0.2, 0.25) is 0 Å². The molecule has 174 valence electrons. The van der Waals surface area contributed by atoms with E-state index in [1.54, 1.807) is 23.9 Å². The zero-order chi connectivity index (χ0) is 23.4. The lowest BCUT2D eigenvalue weighted by atomic mass is 10.0. The Hall–Kier alpha value is -2.94. The second-order valence-corrected chi connectivity index (χ2v) is 10.5. The van der Waals surface area contributed by atoms with E-state index in [0.29, 0.717) is 12.4 Å². The van der Waals surface area contributed by atoms with Gasteiger partial charge in [0.25, 0.3) is 0 Å². The maximum absolute atomic E-state index is 11.2. The van der Waals surface area contributed by atoms with Crippen molar-refractivity contribution in [3.05, 3.63) is 78.4 Å². The van der Waals surface area contributed by atoms with Gasteiger partial charge in [0.05, 0.1) is 30.8 Å². The summed E-state index contributed by atoms with van der Waals surface area (Å²) in [4.78, 5) is 4.16. The van der Waals surface area contributed by atoms with Crippen LogP contribution >= 0.6 is 0 Å². The van der Waals surface area contributed by atoms with E-state index in [1.165, 1.54) is 0 Å². The lowest BCUT2D eigenvalue weighted by Crippen LogP contribution is -2.39. The number of nitrogens with zero attached hydrogens (tertiary/aromatic N) is 2. The number of sulfone groups is 1. The Morgan fingerprint density at radius 1 is 1.12 bits per heavy atom. The molecule has 4 rings (SSSR count). The molecule has 1 aliphatic heterocycles. The van der Waals surface area contributed by atoms with Crippen LogP contribution in [0.1, 0.15) is 30.5 Å². The van der Waals surface area contributed by atoms with E-state index in [-0.39, 0.29) is 30.1 Å². The highest BCUT2D eigenvalue weighted by Gasteiger charge is 2.33. The Bertz CT molecular complexity index is 1190. The molecule has 1 saturated heterocycles. The second kappa shape index (κ2) is 9.91. The van der Waals surface area contributed by atoms with Gasteiger partial charge in [0.1, 0.15) is 17.7 Å². The van der Waals surface area contributed by atoms with E-state index < -0.39 is 15.9 Å². The molecule has 2 aromatic carbocycles.